The number of benzene rings is 1. The Morgan fingerprint density at radius 3 is 2.46 bits per heavy atom. The molecule has 0 amide bonds. The molecule has 0 saturated carbocycles. The molecule has 0 aliphatic rings. The van der Waals surface area contributed by atoms with Crippen molar-refractivity contribution < 1.29 is 27.0 Å². The molecule has 11 nitrogen and oxygen atoms in total. The van der Waals surface area contributed by atoms with Crippen LogP contribution in [-0.4, -0.2) is 29.5 Å². The first-order valence-electron chi connectivity index (χ1n) is 11.8. The Kier molecular flexibility index (Phi) is 8.13. The van der Waals surface area contributed by atoms with Gasteiger partial charge in [0.1, 0.15) is 18.2 Å². The zero-order valence-electron chi connectivity index (χ0n) is 21.8. The van der Waals surface area contributed by atoms with Crippen molar-refractivity contribution in [1.82, 2.24) is 29.5 Å². The van der Waals surface area contributed by atoms with Crippen molar-refractivity contribution in [2.45, 2.75) is 46.3 Å². The summed E-state index contributed by atoms with van der Waals surface area (Å²) in [6.07, 6.45) is 0.761. The number of halogens is 4. The molecule has 212 valence electrons. The zero-order valence-corrected chi connectivity index (χ0v) is 21.8. The molecule has 1 N–H and O–H groups in total. The molecule has 0 fully saturated rings. The summed E-state index contributed by atoms with van der Waals surface area (Å²) in [5.74, 6) is -4.85. The van der Waals surface area contributed by atoms with E-state index >= 15 is 0 Å². The molecule has 0 aliphatic heterocycles. The summed E-state index contributed by atoms with van der Waals surface area (Å²) in [6.45, 7) is 9.99. The van der Waals surface area contributed by atoms with Crippen molar-refractivity contribution in [2.24, 2.45) is 0 Å². The van der Waals surface area contributed by atoms with Gasteiger partial charge in [-0.2, -0.15) is 8.78 Å². The first-order chi connectivity index (χ1) is 19.4. The van der Waals surface area contributed by atoms with E-state index in [2.05, 4.69) is 29.8 Å². The van der Waals surface area contributed by atoms with Crippen LogP contribution in [0.5, 0.6) is 17.5 Å². The fraction of sp³-hybridized carbons (Fsp3) is 0.269. The zero-order chi connectivity index (χ0) is 29.9. The second-order valence-corrected chi connectivity index (χ2v) is 8.82. The first-order valence-corrected chi connectivity index (χ1v) is 11.8. The predicted octanol–water partition coefficient (Wildman–Crippen LogP) is 4.75. The van der Waals surface area contributed by atoms with E-state index in [4.69, 9.17) is 16.0 Å². The van der Waals surface area contributed by atoms with E-state index < -0.39 is 52.8 Å². The Bertz CT molecular complexity index is 1750. The average Bonchev–Trinajstić information content (AvgIpc) is 2.92. The van der Waals surface area contributed by atoms with Crippen LogP contribution >= 0.6 is 0 Å². The Morgan fingerprint density at radius 1 is 1.15 bits per heavy atom. The van der Waals surface area contributed by atoms with Gasteiger partial charge in [-0.05, 0) is 37.6 Å². The van der Waals surface area contributed by atoms with Crippen molar-refractivity contribution in [1.29, 1.82) is 0 Å². The molecular weight excluding hydrogens is 550 g/mol. The van der Waals surface area contributed by atoms with Gasteiger partial charge in [0, 0.05) is 24.9 Å². The highest BCUT2D eigenvalue weighted by Crippen LogP contribution is 2.38. The van der Waals surface area contributed by atoms with E-state index in [-0.39, 0.29) is 40.9 Å². The summed E-state index contributed by atoms with van der Waals surface area (Å²) >= 11 is 0. The third kappa shape index (κ3) is 6.38. The Balaban J connectivity index is 1.72. The van der Waals surface area contributed by atoms with Crippen molar-refractivity contribution in [3.05, 3.63) is 103 Å². The molecule has 4 aromatic rings. The van der Waals surface area contributed by atoms with Crippen molar-refractivity contribution >= 4 is 5.69 Å². The predicted molar refractivity (Wildman–Crippen MR) is 136 cm³/mol. The number of nitrogens with one attached hydrogen (secondary N) is 1. The molecule has 0 aliphatic carbocycles. The van der Waals surface area contributed by atoms with E-state index in [1.165, 1.54) is 26.2 Å². The lowest BCUT2D eigenvalue weighted by Crippen LogP contribution is -2.30. The second kappa shape index (κ2) is 11.5. The third-order valence-corrected chi connectivity index (χ3v) is 5.83. The van der Waals surface area contributed by atoms with E-state index in [1.54, 1.807) is 6.07 Å². The SMILES string of the molecule is [C-]#[N+]c1cc(C(F)F)cc(Oc2c(C(C)(F)F)ncn(Cc3c(C)nc(COc4ncccn4)[nH]c3=O)c2=O)c1C. The molecule has 4 rings (SSSR count). The number of rotatable bonds is 9. The number of hydrogen-bond donors (Lipinski definition) is 1. The van der Waals surface area contributed by atoms with Gasteiger partial charge in [0.15, 0.2) is 11.4 Å². The monoisotopic (exact) mass is 571 g/mol. The summed E-state index contributed by atoms with van der Waals surface area (Å²) in [5, 5.41) is 0. The Morgan fingerprint density at radius 2 is 1.85 bits per heavy atom. The minimum atomic E-state index is -3.66. The van der Waals surface area contributed by atoms with Crippen LogP contribution in [0.25, 0.3) is 4.85 Å². The van der Waals surface area contributed by atoms with Gasteiger partial charge in [0.25, 0.3) is 23.5 Å². The Labute approximate surface area is 229 Å². The number of alkyl halides is 4. The molecule has 3 heterocycles. The molecule has 3 aromatic heterocycles. The quantitative estimate of drug-likeness (QED) is 0.225. The van der Waals surface area contributed by atoms with Gasteiger partial charge in [-0.3, -0.25) is 14.2 Å². The standard InChI is InChI=1S/C26H21F4N7O4/c1-13-17(31-4)8-15(22(27)28)9-18(13)41-20-21(26(3,29)30)34-12-37(24(20)39)10-16-14(2)35-19(36-23(16)38)11-40-25-32-6-5-7-33-25/h5-9,12,22H,10-11H2,1-3H3,(H,35,36,38). The lowest BCUT2D eigenvalue weighted by Gasteiger charge is -2.18. The van der Waals surface area contributed by atoms with Crippen LogP contribution in [0.3, 0.4) is 0 Å². The van der Waals surface area contributed by atoms with Crippen LogP contribution in [-0.2, 0) is 19.1 Å². The van der Waals surface area contributed by atoms with E-state index in [9.17, 15) is 27.2 Å². The van der Waals surface area contributed by atoms with Crippen LogP contribution in [0.1, 0.15) is 47.3 Å². The van der Waals surface area contributed by atoms with Crippen molar-refractivity contribution in [3.63, 3.8) is 0 Å². The van der Waals surface area contributed by atoms with E-state index in [0.29, 0.717) is 6.92 Å². The van der Waals surface area contributed by atoms with Gasteiger partial charge < -0.3 is 14.5 Å². The van der Waals surface area contributed by atoms with Crippen LogP contribution in [0.2, 0.25) is 0 Å². The van der Waals surface area contributed by atoms with E-state index in [1.807, 2.05) is 0 Å². The highest BCUT2D eigenvalue weighted by atomic mass is 19.3. The molecule has 0 bridgehead atoms. The van der Waals surface area contributed by atoms with Crippen LogP contribution in [0.4, 0.5) is 23.2 Å². The first kappa shape index (κ1) is 28.9. The normalized spacial score (nSPS) is 11.4. The summed E-state index contributed by atoms with van der Waals surface area (Å²) in [6, 6.07) is 3.47. The second-order valence-electron chi connectivity index (χ2n) is 8.82. The van der Waals surface area contributed by atoms with Gasteiger partial charge >= 0.3 is 6.01 Å². The van der Waals surface area contributed by atoms with Crippen LogP contribution in [0.15, 0.2) is 46.5 Å². The molecule has 15 heteroatoms. The molecule has 0 saturated heterocycles. The lowest BCUT2D eigenvalue weighted by atomic mass is 10.1. The summed E-state index contributed by atoms with van der Waals surface area (Å²) < 4.78 is 67.4. The molecule has 1 aromatic carbocycles. The smallest absolute Gasteiger partial charge is 0.316 e. The number of ether oxygens (including phenoxy) is 2. The molecule has 0 unspecified atom stereocenters. The maximum atomic E-state index is 14.4. The number of H-pyrrole nitrogens is 1. The summed E-state index contributed by atoms with van der Waals surface area (Å²) in [7, 11) is 0. The minimum Gasteiger partial charge on any atom is -0.455 e. The largest absolute Gasteiger partial charge is 0.455 e. The molecular formula is C26H21F4N7O4. The van der Waals surface area contributed by atoms with Gasteiger partial charge in [-0.25, -0.2) is 33.6 Å². The van der Waals surface area contributed by atoms with Gasteiger partial charge in [-0.15, -0.1) is 0 Å². The fourth-order valence-corrected chi connectivity index (χ4v) is 3.73. The van der Waals surface area contributed by atoms with Crippen molar-refractivity contribution in [2.75, 3.05) is 0 Å². The van der Waals surface area contributed by atoms with Crippen molar-refractivity contribution in [3.8, 4) is 17.5 Å². The number of aryl methyl sites for hydroxylation is 1. The fourth-order valence-electron chi connectivity index (χ4n) is 3.73. The van der Waals surface area contributed by atoms with Gasteiger partial charge in [0.05, 0.1) is 30.7 Å². The molecule has 41 heavy (non-hydrogen) atoms. The van der Waals surface area contributed by atoms with E-state index in [0.717, 1.165) is 23.0 Å². The highest BCUT2D eigenvalue weighted by Gasteiger charge is 2.34. The number of aromatic nitrogens is 6. The topological polar surface area (TPSA) is 129 Å². The highest BCUT2D eigenvalue weighted by molar-refractivity contribution is 5.61. The summed E-state index contributed by atoms with van der Waals surface area (Å²) in [5.41, 5.74) is -3.32. The molecule has 0 spiro atoms. The van der Waals surface area contributed by atoms with Gasteiger partial charge in [-0.1, -0.05) is 0 Å². The van der Waals surface area contributed by atoms with Gasteiger partial charge in [0.2, 0.25) is 5.75 Å². The molecule has 0 atom stereocenters. The van der Waals surface area contributed by atoms with Crippen LogP contribution < -0.4 is 20.6 Å². The average molecular weight is 571 g/mol. The summed E-state index contributed by atoms with van der Waals surface area (Å²) in [4.78, 5) is 47.6. The third-order valence-electron chi connectivity index (χ3n) is 5.83. The number of aromatic amines is 1. The number of hydrogen-bond acceptors (Lipinski definition) is 8. The number of nitrogens with zero attached hydrogens (tertiary/aromatic N) is 6. The maximum absolute atomic E-state index is 14.4. The molecule has 0 radical (unpaired) electrons. The Hall–Kier alpha value is -5.13. The van der Waals surface area contributed by atoms with Crippen LogP contribution in [0, 0.1) is 20.4 Å². The lowest BCUT2D eigenvalue weighted by molar-refractivity contribution is 0.0101. The maximum Gasteiger partial charge on any atom is 0.316 e. The minimum absolute atomic E-state index is 0.0155.